The smallest absolute Gasteiger partial charge is 0.753 e. The van der Waals surface area contributed by atoms with Crippen LogP contribution in [-0.2, 0) is 29.3 Å². The first kappa shape index (κ1) is 34.7. The van der Waals surface area contributed by atoms with Gasteiger partial charge < -0.3 is 18.7 Å². The molecule has 11 nitrogen and oxygen atoms in total. The molecule has 3 aromatic rings. The second-order valence-corrected chi connectivity index (χ2v) is 11.3. The Morgan fingerprint density at radius 3 is 2.45 bits per heavy atom. The molecule has 4 rings (SSSR count). The van der Waals surface area contributed by atoms with Crippen molar-refractivity contribution in [2.45, 2.75) is 49.7 Å². The zero-order chi connectivity index (χ0) is 27.4. The molecule has 0 N–H and O–H groups in total. The number of hydrogen-bond acceptors (Lipinski definition) is 11. The van der Waals surface area contributed by atoms with Gasteiger partial charge in [-0.25, -0.2) is 24.5 Å². The summed E-state index contributed by atoms with van der Waals surface area (Å²) in [6.07, 6.45) is 2.23. The number of hydroxylamine groups is 2. The van der Waals surface area contributed by atoms with Crippen LogP contribution in [0.3, 0.4) is 0 Å². The maximum absolute atomic E-state index is 12.6. The van der Waals surface area contributed by atoms with Crippen molar-refractivity contribution < 1.29 is 95.7 Å². The molecule has 202 valence electrons. The summed E-state index contributed by atoms with van der Waals surface area (Å²) in [5, 5.41) is 1.18. The van der Waals surface area contributed by atoms with Crippen LogP contribution in [0.2, 0.25) is 0 Å². The summed E-state index contributed by atoms with van der Waals surface area (Å²) in [5.41, 5.74) is 0.643. The summed E-state index contributed by atoms with van der Waals surface area (Å²) in [6.45, 7) is 3.35. The minimum Gasteiger partial charge on any atom is -0.753 e. The Labute approximate surface area is 279 Å². The van der Waals surface area contributed by atoms with Crippen LogP contribution in [0, 0.1) is 6.07 Å². The van der Waals surface area contributed by atoms with Gasteiger partial charge in [0.15, 0.2) is 0 Å². The van der Waals surface area contributed by atoms with Crippen LogP contribution in [0.15, 0.2) is 43.8 Å². The van der Waals surface area contributed by atoms with Gasteiger partial charge in [-0.2, -0.15) is 6.07 Å². The molecule has 1 aliphatic rings. The third-order valence-corrected chi connectivity index (χ3v) is 8.32. The van der Waals surface area contributed by atoms with E-state index in [9.17, 15) is 32.1 Å². The van der Waals surface area contributed by atoms with E-state index in [0.717, 1.165) is 24.6 Å². The first-order chi connectivity index (χ1) is 18.1. The van der Waals surface area contributed by atoms with Crippen molar-refractivity contribution >= 4 is 55.9 Å². The van der Waals surface area contributed by atoms with E-state index in [4.69, 9.17) is 9.25 Å². The second-order valence-electron chi connectivity index (χ2n) is 8.60. The minimum atomic E-state index is -4.64. The monoisotopic (exact) mass is 606 g/mol. The fraction of sp³-hybridized carbons (Fsp3) is 0.360. The van der Waals surface area contributed by atoms with Gasteiger partial charge in [0.25, 0.3) is 17.4 Å². The van der Waals surface area contributed by atoms with E-state index in [1.165, 1.54) is 0 Å². The molecule has 0 unspecified atom stereocenters. The quantitative estimate of drug-likeness (QED) is 0.0560. The van der Waals surface area contributed by atoms with Gasteiger partial charge in [-0.05, 0) is 31.4 Å². The molecule has 0 spiro atoms. The molecule has 40 heavy (non-hydrogen) atoms. The molecule has 1 aliphatic heterocycles. The van der Waals surface area contributed by atoms with E-state index in [-0.39, 0.29) is 88.8 Å². The molecular weight excluding hydrogens is 582 g/mol. The van der Waals surface area contributed by atoms with E-state index in [1.807, 2.05) is 13.0 Å². The van der Waals surface area contributed by atoms with Gasteiger partial charge in [0.2, 0.25) is 0 Å². The molecular formula is C25H24N2Na2O9S2. The molecule has 0 radical (unpaired) electrons. The van der Waals surface area contributed by atoms with E-state index in [2.05, 4.69) is 11.0 Å². The van der Waals surface area contributed by atoms with Crippen molar-refractivity contribution in [2.24, 2.45) is 0 Å². The topological polar surface area (TPSA) is 154 Å². The largest absolute Gasteiger partial charge is 1.00 e. The Bertz CT molecular complexity index is 1540. The van der Waals surface area contributed by atoms with E-state index in [0.29, 0.717) is 46.9 Å². The summed E-state index contributed by atoms with van der Waals surface area (Å²) in [6, 6.07) is 10.7. The van der Waals surface area contributed by atoms with Gasteiger partial charge in [-0.15, -0.1) is 11.1 Å². The Kier molecular flexibility index (Phi) is 13.1. The number of carbonyl (C=O) groups excluding carboxylic acids is 3. The van der Waals surface area contributed by atoms with Gasteiger partial charge in [-0.1, -0.05) is 23.4 Å². The maximum Gasteiger partial charge on any atom is 1.00 e. The number of hydrogen-bond donors (Lipinski definition) is 0. The first-order valence-corrected chi connectivity index (χ1v) is 14.2. The number of benzene rings is 1. The maximum atomic E-state index is 12.6. The van der Waals surface area contributed by atoms with Crippen molar-refractivity contribution in [1.29, 1.82) is 0 Å². The summed E-state index contributed by atoms with van der Waals surface area (Å²) in [5.74, 6) is -1.62. The van der Waals surface area contributed by atoms with Crippen molar-refractivity contribution in [1.82, 2.24) is 5.06 Å². The van der Waals surface area contributed by atoms with Crippen LogP contribution in [0.25, 0.3) is 21.4 Å². The molecule has 2 aromatic heterocycles. The predicted octanol–water partition coefficient (Wildman–Crippen LogP) is -2.77. The summed E-state index contributed by atoms with van der Waals surface area (Å²) in [7, 11) is -4.64. The number of unbranched alkanes of at least 4 members (excludes halogenated alkanes) is 2. The first-order valence-electron chi connectivity index (χ1n) is 11.9. The number of nitrogens with zero attached hydrogens (tertiary/aromatic N) is 2. The minimum absolute atomic E-state index is 0. The summed E-state index contributed by atoms with van der Waals surface area (Å²) < 4.78 is 38.7. The Morgan fingerprint density at radius 2 is 1.82 bits per heavy atom. The third-order valence-electron chi connectivity index (χ3n) is 5.99. The number of rotatable bonds is 11. The predicted molar refractivity (Wildman–Crippen MR) is 136 cm³/mol. The van der Waals surface area contributed by atoms with Crippen LogP contribution in [0.4, 0.5) is 5.69 Å². The standard InChI is InChI=1S/C25H25N2O9S2.2Na/c1-2-26(13-5-3-4-6-23(30)36-27-21(28)10-11-22(27)29)17-8-7-16-14-18(25(31)35-19(16)15-17)20-9-12-24(37-20)38(32,33)34;;/h7-8,12,14-15H,2-6,10-11,13H2,1H3,(H,32,33,34);;/q-1;2*+1/p-1. The molecule has 0 saturated carbocycles. The number of imide groups is 1. The zero-order valence-corrected chi connectivity index (χ0v) is 28.1. The van der Waals surface area contributed by atoms with Crippen molar-refractivity contribution in [2.75, 3.05) is 18.0 Å². The number of thiophene rings is 1. The van der Waals surface area contributed by atoms with Crippen LogP contribution < -0.4 is 69.6 Å². The van der Waals surface area contributed by atoms with E-state index < -0.39 is 37.7 Å². The van der Waals surface area contributed by atoms with Gasteiger partial charge in [0.1, 0.15) is 5.58 Å². The van der Waals surface area contributed by atoms with Crippen LogP contribution in [-0.4, -0.2) is 48.9 Å². The Balaban J connectivity index is 0.00000280. The SMILES string of the molecule is CCN(CCCCCC(=O)ON1C(=O)CCC1=O)c1ccc2cc(-c3[c-]cc(S(=O)(=O)[O-])s3)c(=O)oc2c1.[Na+].[Na+]. The molecule has 0 bridgehead atoms. The van der Waals surface area contributed by atoms with Crippen molar-refractivity contribution in [3.05, 3.63) is 46.8 Å². The average molecular weight is 607 g/mol. The summed E-state index contributed by atoms with van der Waals surface area (Å²) >= 11 is 0.665. The van der Waals surface area contributed by atoms with Crippen molar-refractivity contribution in [3.63, 3.8) is 0 Å². The Morgan fingerprint density at radius 1 is 1.12 bits per heavy atom. The van der Waals surface area contributed by atoms with Gasteiger partial charge in [0.05, 0.1) is 10.1 Å². The third kappa shape index (κ3) is 8.49. The molecule has 0 aliphatic carbocycles. The van der Waals surface area contributed by atoms with Gasteiger partial charge >= 0.3 is 65.1 Å². The molecule has 1 saturated heterocycles. The van der Waals surface area contributed by atoms with Crippen molar-refractivity contribution in [3.8, 4) is 10.4 Å². The zero-order valence-electron chi connectivity index (χ0n) is 22.4. The molecule has 15 heteroatoms. The van der Waals surface area contributed by atoms with E-state index >= 15 is 0 Å². The number of amides is 2. The normalized spacial score (nSPS) is 13.2. The van der Waals surface area contributed by atoms with Crippen LogP contribution in [0.1, 0.15) is 45.4 Å². The van der Waals surface area contributed by atoms with Crippen LogP contribution in [0.5, 0.6) is 0 Å². The molecule has 3 heterocycles. The number of anilines is 1. The molecule has 1 fully saturated rings. The van der Waals surface area contributed by atoms with Gasteiger partial charge in [-0.3, -0.25) is 14.4 Å². The van der Waals surface area contributed by atoms with Crippen LogP contribution >= 0.6 is 11.3 Å². The Hall–Kier alpha value is -1.55. The molecule has 0 atom stereocenters. The fourth-order valence-electron chi connectivity index (χ4n) is 4.02. The summed E-state index contributed by atoms with van der Waals surface area (Å²) in [4.78, 5) is 54.7. The molecule has 2 amide bonds. The van der Waals surface area contributed by atoms with E-state index in [1.54, 1.807) is 18.2 Å². The molecule has 1 aromatic carbocycles. The van der Waals surface area contributed by atoms with Gasteiger partial charge in [0, 0.05) is 53.7 Å². The average Bonchev–Trinajstić information content (AvgIpc) is 3.49. The number of carbonyl (C=O) groups is 3. The number of fused-ring (bicyclic) bond motifs is 1. The second kappa shape index (κ2) is 15.1. The fourth-order valence-corrected chi connectivity index (χ4v) is 5.57.